The number of hydrogen-bond acceptors (Lipinski definition) is 2. The van der Waals surface area contributed by atoms with Crippen LogP contribution in [0.5, 0.6) is 0 Å². The topological polar surface area (TPSA) is 34.1 Å². The van der Waals surface area contributed by atoms with E-state index in [0.29, 0.717) is 0 Å². The minimum absolute atomic E-state index is 0.0633. The summed E-state index contributed by atoms with van der Waals surface area (Å²) in [5, 5.41) is 0.127. The molecule has 0 saturated carbocycles. The zero-order valence-electron chi connectivity index (χ0n) is 9.52. The van der Waals surface area contributed by atoms with Crippen LogP contribution in [-0.2, 0) is 9.05 Å². The summed E-state index contributed by atoms with van der Waals surface area (Å²) in [6.07, 6.45) is 0. The van der Waals surface area contributed by atoms with Crippen LogP contribution in [-0.4, -0.2) is 8.42 Å². The summed E-state index contributed by atoms with van der Waals surface area (Å²) in [5.41, 5.74) is 2.78. The second kappa shape index (κ2) is 4.92. The lowest BCUT2D eigenvalue weighted by molar-refractivity contribution is 0.609. The molecule has 0 spiro atoms. The second-order valence-electron chi connectivity index (χ2n) is 3.90. The minimum Gasteiger partial charge on any atom is -0.207 e. The van der Waals surface area contributed by atoms with Crippen LogP contribution in [0.2, 0.25) is 5.02 Å². The van der Waals surface area contributed by atoms with Gasteiger partial charge >= 0.3 is 0 Å². The molecule has 0 amide bonds. The lowest BCUT2D eigenvalue weighted by Gasteiger charge is -2.08. The van der Waals surface area contributed by atoms with E-state index in [1.54, 1.807) is 12.1 Å². The lowest BCUT2D eigenvalue weighted by atomic mass is 10.0. The normalized spacial score (nSPS) is 11.5. The molecular formula is C13H10Cl2O2S. The van der Waals surface area contributed by atoms with Crippen molar-refractivity contribution in [3.8, 4) is 11.1 Å². The van der Waals surface area contributed by atoms with Gasteiger partial charge in [-0.1, -0.05) is 41.9 Å². The molecule has 2 aromatic carbocycles. The summed E-state index contributed by atoms with van der Waals surface area (Å²) in [6.45, 7) is 1.96. The Morgan fingerprint density at radius 2 is 1.72 bits per heavy atom. The smallest absolute Gasteiger partial charge is 0.207 e. The summed E-state index contributed by atoms with van der Waals surface area (Å²) in [4.78, 5) is -0.0633. The zero-order chi connectivity index (χ0) is 13.3. The first-order chi connectivity index (χ1) is 8.39. The summed E-state index contributed by atoms with van der Waals surface area (Å²) < 4.78 is 22.8. The third kappa shape index (κ3) is 2.69. The van der Waals surface area contributed by atoms with E-state index >= 15 is 0 Å². The van der Waals surface area contributed by atoms with Crippen molar-refractivity contribution in [1.82, 2.24) is 0 Å². The van der Waals surface area contributed by atoms with Crippen LogP contribution >= 0.6 is 22.3 Å². The number of hydrogen-bond donors (Lipinski definition) is 0. The molecule has 0 radical (unpaired) electrons. The Morgan fingerprint density at radius 1 is 1.06 bits per heavy atom. The number of benzene rings is 2. The van der Waals surface area contributed by atoms with Crippen molar-refractivity contribution in [3.63, 3.8) is 0 Å². The van der Waals surface area contributed by atoms with E-state index in [1.807, 2.05) is 31.2 Å². The van der Waals surface area contributed by atoms with Gasteiger partial charge in [0.2, 0.25) is 0 Å². The maximum absolute atomic E-state index is 11.4. The molecule has 0 aliphatic heterocycles. The molecule has 0 fully saturated rings. The highest BCUT2D eigenvalue weighted by molar-refractivity contribution is 8.13. The van der Waals surface area contributed by atoms with Crippen LogP contribution < -0.4 is 0 Å². The summed E-state index contributed by atoms with van der Waals surface area (Å²) >= 11 is 5.84. The van der Waals surface area contributed by atoms with E-state index in [-0.39, 0.29) is 9.92 Å². The van der Waals surface area contributed by atoms with Gasteiger partial charge in [-0.2, -0.15) is 0 Å². The van der Waals surface area contributed by atoms with E-state index in [9.17, 15) is 8.42 Å². The van der Waals surface area contributed by atoms with E-state index in [1.165, 1.54) is 6.07 Å². The molecule has 0 aliphatic carbocycles. The van der Waals surface area contributed by atoms with Gasteiger partial charge in [0.15, 0.2) is 0 Å². The molecule has 0 N–H and O–H groups in total. The first kappa shape index (κ1) is 13.4. The Labute approximate surface area is 116 Å². The summed E-state index contributed by atoms with van der Waals surface area (Å²) in [6, 6.07) is 12.5. The van der Waals surface area contributed by atoms with Crippen molar-refractivity contribution in [2.75, 3.05) is 0 Å². The van der Waals surface area contributed by atoms with Gasteiger partial charge in [-0.3, -0.25) is 0 Å². The van der Waals surface area contributed by atoms with Crippen molar-refractivity contribution in [1.29, 1.82) is 0 Å². The molecule has 18 heavy (non-hydrogen) atoms. The quantitative estimate of drug-likeness (QED) is 0.777. The highest BCUT2D eigenvalue weighted by atomic mass is 35.7. The molecule has 2 nitrogen and oxygen atoms in total. The molecule has 0 unspecified atom stereocenters. The Hall–Kier alpha value is -1.03. The highest BCUT2D eigenvalue weighted by Gasteiger charge is 2.16. The molecule has 0 aromatic heterocycles. The maximum Gasteiger partial charge on any atom is 0.262 e. The average molecular weight is 301 g/mol. The first-order valence-corrected chi connectivity index (χ1v) is 7.88. The fraction of sp³-hybridized carbons (Fsp3) is 0.0769. The van der Waals surface area contributed by atoms with Crippen molar-refractivity contribution >= 4 is 31.3 Å². The van der Waals surface area contributed by atoms with Crippen LogP contribution in [0.15, 0.2) is 47.4 Å². The minimum atomic E-state index is -3.84. The fourth-order valence-electron chi connectivity index (χ4n) is 1.75. The number of aryl methyl sites for hydroxylation is 1. The van der Waals surface area contributed by atoms with Gasteiger partial charge < -0.3 is 0 Å². The van der Waals surface area contributed by atoms with E-state index < -0.39 is 9.05 Å². The largest absolute Gasteiger partial charge is 0.262 e. The van der Waals surface area contributed by atoms with Crippen LogP contribution in [0, 0.1) is 6.92 Å². The molecule has 2 aromatic rings. The highest BCUT2D eigenvalue weighted by Crippen LogP contribution is 2.31. The fourth-order valence-corrected chi connectivity index (χ4v) is 3.25. The molecule has 94 valence electrons. The second-order valence-corrected chi connectivity index (χ2v) is 6.84. The van der Waals surface area contributed by atoms with Gasteiger partial charge in [0.25, 0.3) is 9.05 Å². The van der Waals surface area contributed by atoms with Gasteiger partial charge in [-0.05, 0) is 35.7 Å². The first-order valence-electron chi connectivity index (χ1n) is 5.20. The third-order valence-corrected chi connectivity index (χ3v) is 4.45. The van der Waals surface area contributed by atoms with Crippen molar-refractivity contribution in [2.24, 2.45) is 0 Å². The molecule has 0 aliphatic rings. The summed E-state index contributed by atoms with van der Waals surface area (Å²) in [5.74, 6) is 0. The van der Waals surface area contributed by atoms with Crippen LogP contribution in [0.25, 0.3) is 11.1 Å². The molecule has 5 heteroatoms. The van der Waals surface area contributed by atoms with Gasteiger partial charge in [-0.25, -0.2) is 8.42 Å². The van der Waals surface area contributed by atoms with Crippen LogP contribution in [0.3, 0.4) is 0 Å². The Balaban J connectivity index is 2.66. The van der Waals surface area contributed by atoms with E-state index in [2.05, 4.69) is 0 Å². The van der Waals surface area contributed by atoms with E-state index in [0.717, 1.165) is 16.7 Å². The summed E-state index contributed by atoms with van der Waals surface area (Å²) in [7, 11) is 1.51. The van der Waals surface area contributed by atoms with Gasteiger partial charge in [0.05, 0.1) is 5.02 Å². The molecule has 0 atom stereocenters. The predicted octanol–water partition coefficient (Wildman–Crippen LogP) is 4.24. The van der Waals surface area contributed by atoms with Crippen molar-refractivity contribution < 1.29 is 8.42 Å². The Kier molecular flexibility index (Phi) is 3.66. The van der Waals surface area contributed by atoms with Crippen molar-refractivity contribution in [2.45, 2.75) is 11.8 Å². The number of rotatable bonds is 2. The lowest BCUT2D eigenvalue weighted by Crippen LogP contribution is -1.93. The van der Waals surface area contributed by atoms with E-state index in [4.69, 9.17) is 22.3 Å². The standard InChI is InChI=1S/C13H10Cl2O2S/c1-9-4-2-3-5-11(9)10-6-7-12(14)13(8-10)18(15,16)17/h2-8H,1H3. The monoisotopic (exact) mass is 300 g/mol. The number of halogens is 2. The van der Waals surface area contributed by atoms with Crippen LogP contribution in [0.1, 0.15) is 5.56 Å². The zero-order valence-corrected chi connectivity index (χ0v) is 11.9. The van der Waals surface area contributed by atoms with Gasteiger partial charge in [0, 0.05) is 10.7 Å². The molecule has 0 heterocycles. The molecular weight excluding hydrogens is 291 g/mol. The molecule has 0 saturated heterocycles. The Bertz CT molecular complexity index is 694. The van der Waals surface area contributed by atoms with Crippen molar-refractivity contribution in [3.05, 3.63) is 53.1 Å². The average Bonchev–Trinajstić information content (AvgIpc) is 2.29. The van der Waals surface area contributed by atoms with Crippen LogP contribution in [0.4, 0.5) is 0 Å². The molecule has 2 rings (SSSR count). The molecule has 0 bridgehead atoms. The Morgan fingerprint density at radius 3 is 2.33 bits per heavy atom. The third-order valence-electron chi connectivity index (χ3n) is 2.65. The van der Waals surface area contributed by atoms with Gasteiger partial charge in [-0.15, -0.1) is 0 Å². The van der Waals surface area contributed by atoms with Gasteiger partial charge in [0.1, 0.15) is 4.90 Å². The maximum atomic E-state index is 11.4. The SMILES string of the molecule is Cc1ccccc1-c1ccc(Cl)c(S(=O)(=O)Cl)c1. The predicted molar refractivity (Wildman–Crippen MR) is 74.7 cm³/mol.